The maximum absolute atomic E-state index is 12.2. The zero-order valence-electron chi connectivity index (χ0n) is 15.9. The number of pyridine rings is 1. The lowest BCUT2D eigenvalue weighted by Crippen LogP contribution is -2.55. The molecule has 1 aromatic rings. The number of ether oxygens (including phenoxy) is 1. The number of β-amino-alcohol motifs (C(OH)–C–C–N with tert-alkyl or cyclic N) is 1. The molecule has 0 bridgehead atoms. The Balaban J connectivity index is 1.69. The molecule has 1 saturated carbocycles. The minimum Gasteiger partial charge on any atom is -0.465 e. The zero-order valence-corrected chi connectivity index (χ0v) is 15.9. The van der Waals surface area contributed by atoms with Crippen molar-refractivity contribution in [2.75, 3.05) is 25.1 Å². The monoisotopic (exact) mass is 361 g/mol. The average molecular weight is 361 g/mol. The molecule has 2 atom stereocenters. The number of nitrogens with zero attached hydrogens (tertiary/aromatic N) is 2. The Labute approximate surface area is 155 Å². The number of aryl methyl sites for hydroxylation is 1. The summed E-state index contributed by atoms with van der Waals surface area (Å²) in [5.74, 6) is 0.240. The van der Waals surface area contributed by atoms with Gasteiger partial charge in [-0.15, -0.1) is 0 Å². The van der Waals surface area contributed by atoms with E-state index in [0.717, 1.165) is 24.9 Å². The fraction of sp³-hybridized carbons (Fsp3) is 0.700. The Morgan fingerprint density at radius 2 is 2.12 bits per heavy atom. The molecule has 2 heterocycles. The fourth-order valence-corrected chi connectivity index (χ4v) is 4.10. The molecule has 6 heteroatoms. The number of hydrogen-bond donors (Lipinski definition) is 2. The Morgan fingerprint density at radius 3 is 2.77 bits per heavy atom. The first-order valence-corrected chi connectivity index (χ1v) is 9.88. The number of rotatable bonds is 5. The van der Waals surface area contributed by atoms with Gasteiger partial charge in [-0.05, 0) is 37.3 Å². The van der Waals surface area contributed by atoms with E-state index in [4.69, 9.17) is 4.74 Å². The van der Waals surface area contributed by atoms with Crippen LogP contribution in [0.5, 0.6) is 0 Å². The third-order valence-electron chi connectivity index (χ3n) is 5.67. The molecule has 1 saturated heterocycles. The van der Waals surface area contributed by atoms with Gasteiger partial charge in [0.2, 0.25) is 0 Å². The van der Waals surface area contributed by atoms with Gasteiger partial charge in [0.05, 0.1) is 13.2 Å². The number of carbonyl (C=O) groups excluding carboxylic acids is 1. The van der Waals surface area contributed by atoms with E-state index in [-0.39, 0.29) is 12.0 Å². The van der Waals surface area contributed by atoms with Gasteiger partial charge in [0, 0.05) is 31.4 Å². The van der Waals surface area contributed by atoms with Gasteiger partial charge in [0.15, 0.2) is 0 Å². The van der Waals surface area contributed by atoms with Gasteiger partial charge in [-0.25, -0.2) is 9.78 Å². The number of hydrogen-bond acceptors (Lipinski definition) is 6. The lowest BCUT2D eigenvalue weighted by Gasteiger charge is -2.39. The third kappa shape index (κ3) is 4.35. The molecule has 0 aromatic carbocycles. The molecular weight excluding hydrogens is 330 g/mol. The molecule has 26 heavy (non-hydrogen) atoms. The summed E-state index contributed by atoms with van der Waals surface area (Å²) in [5.41, 5.74) is 1.49. The van der Waals surface area contributed by atoms with E-state index in [2.05, 4.69) is 10.3 Å². The molecular formula is C20H31N3O3. The SMILES string of the molecule is CCc1cnc(N2CCC(NC3CCCCC3)C(O)C2)c(C(=O)OC)c1. The Kier molecular flexibility index (Phi) is 6.48. The highest BCUT2D eigenvalue weighted by atomic mass is 16.5. The number of nitrogens with one attached hydrogen (secondary N) is 1. The quantitative estimate of drug-likeness (QED) is 0.784. The van der Waals surface area contributed by atoms with Crippen LogP contribution in [0.1, 0.15) is 61.4 Å². The van der Waals surface area contributed by atoms with Gasteiger partial charge in [0.1, 0.15) is 11.4 Å². The predicted molar refractivity (Wildman–Crippen MR) is 102 cm³/mol. The maximum atomic E-state index is 12.2. The molecule has 0 radical (unpaired) electrons. The van der Waals surface area contributed by atoms with Gasteiger partial charge in [-0.2, -0.15) is 0 Å². The number of piperidine rings is 1. The lowest BCUT2D eigenvalue weighted by molar-refractivity contribution is 0.0599. The highest BCUT2D eigenvalue weighted by Gasteiger charge is 2.32. The Bertz CT molecular complexity index is 616. The number of aromatic nitrogens is 1. The first-order chi connectivity index (χ1) is 12.6. The molecule has 144 valence electrons. The van der Waals surface area contributed by atoms with Crippen LogP contribution in [-0.4, -0.2) is 54.4 Å². The molecule has 3 rings (SSSR count). The topological polar surface area (TPSA) is 74.7 Å². The third-order valence-corrected chi connectivity index (χ3v) is 5.67. The molecule has 0 amide bonds. The largest absolute Gasteiger partial charge is 0.465 e. The molecule has 1 aliphatic carbocycles. The summed E-state index contributed by atoms with van der Waals surface area (Å²) in [6.45, 7) is 3.28. The molecule has 2 N–H and O–H groups in total. The van der Waals surface area contributed by atoms with Gasteiger partial charge in [-0.3, -0.25) is 0 Å². The van der Waals surface area contributed by atoms with Crippen molar-refractivity contribution in [3.8, 4) is 0 Å². The van der Waals surface area contributed by atoms with E-state index in [9.17, 15) is 9.90 Å². The first kappa shape index (κ1) is 19.1. The van der Waals surface area contributed by atoms with Crippen LogP contribution in [-0.2, 0) is 11.2 Å². The molecule has 0 spiro atoms. The zero-order chi connectivity index (χ0) is 18.5. The molecule has 6 nitrogen and oxygen atoms in total. The number of aliphatic hydroxyl groups is 1. The van der Waals surface area contributed by atoms with Crippen molar-refractivity contribution in [3.63, 3.8) is 0 Å². The van der Waals surface area contributed by atoms with Crippen LogP contribution in [0.2, 0.25) is 0 Å². The summed E-state index contributed by atoms with van der Waals surface area (Å²) in [7, 11) is 1.39. The smallest absolute Gasteiger partial charge is 0.341 e. The van der Waals surface area contributed by atoms with Crippen LogP contribution in [0.4, 0.5) is 5.82 Å². The molecule has 1 aliphatic heterocycles. The van der Waals surface area contributed by atoms with Gasteiger partial charge in [0.25, 0.3) is 0 Å². The summed E-state index contributed by atoms with van der Waals surface area (Å²) < 4.78 is 4.94. The van der Waals surface area contributed by atoms with Gasteiger partial charge < -0.3 is 20.1 Å². The average Bonchev–Trinajstić information content (AvgIpc) is 2.69. The minimum atomic E-state index is -0.469. The number of anilines is 1. The van der Waals surface area contributed by atoms with Crippen LogP contribution in [0.3, 0.4) is 0 Å². The molecule has 1 aromatic heterocycles. The second-order valence-corrected chi connectivity index (χ2v) is 7.47. The predicted octanol–water partition coefficient (Wildman–Crippen LogP) is 2.29. The van der Waals surface area contributed by atoms with Crippen LogP contribution < -0.4 is 10.2 Å². The normalized spacial score (nSPS) is 24.5. The van der Waals surface area contributed by atoms with Crippen molar-refractivity contribution in [1.82, 2.24) is 10.3 Å². The van der Waals surface area contributed by atoms with E-state index in [1.54, 1.807) is 6.20 Å². The second-order valence-electron chi connectivity index (χ2n) is 7.47. The highest BCUT2D eigenvalue weighted by molar-refractivity contribution is 5.95. The minimum absolute atomic E-state index is 0.117. The van der Waals surface area contributed by atoms with Crippen molar-refractivity contribution in [2.45, 2.75) is 70.1 Å². The van der Waals surface area contributed by atoms with Crippen molar-refractivity contribution < 1.29 is 14.6 Å². The second kappa shape index (κ2) is 8.82. The summed E-state index contributed by atoms with van der Waals surface area (Å²) >= 11 is 0. The van der Waals surface area contributed by atoms with Crippen molar-refractivity contribution in [1.29, 1.82) is 0 Å². The maximum Gasteiger partial charge on any atom is 0.341 e. The van der Waals surface area contributed by atoms with Crippen LogP contribution in [0.15, 0.2) is 12.3 Å². The van der Waals surface area contributed by atoms with Crippen LogP contribution in [0, 0.1) is 0 Å². The van der Waals surface area contributed by atoms with Crippen LogP contribution >= 0.6 is 0 Å². The number of methoxy groups -OCH3 is 1. The van der Waals surface area contributed by atoms with E-state index in [1.807, 2.05) is 17.9 Å². The van der Waals surface area contributed by atoms with E-state index < -0.39 is 6.10 Å². The standard InChI is InChI=1S/C20H31N3O3/c1-3-14-11-16(20(25)26-2)19(21-12-14)23-10-9-17(18(24)13-23)22-15-7-5-4-6-8-15/h11-12,15,17-18,22,24H,3-10,13H2,1-2H3. The van der Waals surface area contributed by atoms with Crippen molar-refractivity contribution >= 4 is 11.8 Å². The summed E-state index contributed by atoms with van der Waals surface area (Å²) in [6, 6.07) is 2.50. The van der Waals surface area contributed by atoms with E-state index >= 15 is 0 Å². The Morgan fingerprint density at radius 1 is 1.35 bits per heavy atom. The Hall–Kier alpha value is -1.66. The van der Waals surface area contributed by atoms with Crippen molar-refractivity contribution in [3.05, 3.63) is 23.4 Å². The van der Waals surface area contributed by atoms with Crippen LogP contribution in [0.25, 0.3) is 0 Å². The fourth-order valence-electron chi connectivity index (χ4n) is 4.10. The number of aliphatic hydroxyl groups excluding tert-OH is 1. The number of esters is 1. The summed E-state index contributed by atoms with van der Waals surface area (Å²) in [5, 5.41) is 14.3. The van der Waals surface area contributed by atoms with Crippen molar-refractivity contribution in [2.24, 2.45) is 0 Å². The molecule has 2 unspecified atom stereocenters. The van der Waals surface area contributed by atoms with Gasteiger partial charge >= 0.3 is 5.97 Å². The molecule has 2 aliphatic rings. The van der Waals surface area contributed by atoms with E-state index in [1.165, 1.54) is 39.2 Å². The lowest BCUT2D eigenvalue weighted by atomic mass is 9.92. The summed E-state index contributed by atoms with van der Waals surface area (Å²) in [4.78, 5) is 18.7. The van der Waals surface area contributed by atoms with Gasteiger partial charge in [-0.1, -0.05) is 26.2 Å². The molecule has 2 fully saturated rings. The summed E-state index contributed by atoms with van der Waals surface area (Å²) in [6.07, 6.45) is 9.30. The first-order valence-electron chi connectivity index (χ1n) is 9.88. The van der Waals surface area contributed by atoms with E-state index in [0.29, 0.717) is 24.0 Å². The highest BCUT2D eigenvalue weighted by Crippen LogP contribution is 2.25. The number of carbonyl (C=O) groups is 1.